The number of phenolic OH excluding ortho intramolecular Hbond substituents is 3. The van der Waals surface area contributed by atoms with Crippen molar-refractivity contribution >= 4 is 0 Å². The van der Waals surface area contributed by atoms with Gasteiger partial charge in [0.25, 0.3) is 0 Å². The Labute approximate surface area is 272 Å². The van der Waals surface area contributed by atoms with Crippen LogP contribution >= 0.6 is 0 Å². The molecule has 45 heavy (non-hydrogen) atoms. The molecule has 3 N–H and O–H groups in total. The van der Waals surface area contributed by atoms with Crippen LogP contribution in [0.3, 0.4) is 0 Å². The Balaban J connectivity index is 2.26. The standard InChI is InChI=1S/C42H54O3/c1-22-16-28(19-31(37(22)43)40(7,8)9)34-25(4)35(29-17-23(2)38(44)32(20-29)41(10,11)12)27(6)36(26(34)5)30-18-24(3)39(45)33(21-30)42(13,14)15/h16-21,43-45H,1-15H3. The molecule has 0 aliphatic heterocycles. The van der Waals surface area contributed by atoms with Crippen LogP contribution in [0.25, 0.3) is 33.4 Å². The summed E-state index contributed by atoms with van der Waals surface area (Å²) in [6.45, 7) is 31.8. The molecule has 3 heteroatoms. The molecule has 4 aromatic rings. The van der Waals surface area contributed by atoms with E-state index in [1.165, 1.54) is 0 Å². The van der Waals surface area contributed by atoms with Crippen molar-refractivity contribution in [1.29, 1.82) is 0 Å². The zero-order valence-corrected chi connectivity index (χ0v) is 30.3. The molecule has 0 bridgehead atoms. The average Bonchev–Trinajstić information content (AvgIpc) is 2.87. The third-order valence-electron chi connectivity index (χ3n) is 9.44. The van der Waals surface area contributed by atoms with Crippen LogP contribution in [0.4, 0.5) is 0 Å². The van der Waals surface area contributed by atoms with Gasteiger partial charge < -0.3 is 15.3 Å². The van der Waals surface area contributed by atoms with Crippen LogP contribution in [-0.2, 0) is 16.2 Å². The fourth-order valence-electron chi connectivity index (χ4n) is 7.00. The highest BCUT2D eigenvalue weighted by atomic mass is 16.3. The maximum atomic E-state index is 11.1. The number of aryl methyl sites for hydroxylation is 3. The fraction of sp³-hybridized carbons (Fsp3) is 0.429. The monoisotopic (exact) mass is 606 g/mol. The number of hydrogen-bond acceptors (Lipinski definition) is 3. The van der Waals surface area contributed by atoms with Crippen molar-refractivity contribution in [2.45, 2.75) is 120 Å². The van der Waals surface area contributed by atoms with Gasteiger partial charge in [0, 0.05) is 16.7 Å². The quantitative estimate of drug-likeness (QED) is 0.217. The first-order valence-corrected chi connectivity index (χ1v) is 16.1. The Morgan fingerprint density at radius 3 is 0.733 bits per heavy atom. The minimum atomic E-state index is -0.242. The van der Waals surface area contributed by atoms with Crippen LogP contribution in [0.1, 0.15) is 112 Å². The predicted octanol–water partition coefficient (Wildman–Crippen LogP) is 11.5. The lowest BCUT2D eigenvalue weighted by Crippen LogP contribution is -2.13. The van der Waals surface area contributed by atoms with Crippen molar-refractivity contribution in [3.8, 4) is 50.6 Å². The summed E-state index contributed by atoms with van der Waals surface area (Å²) in [5, 5.41) is 33.4. The van der Waals surface area contributed by atoms with Gasteiger partial charge in [-0.15, -0.1) is 0 Å². The van der Waals surface area contributed by atoms with E-state index in [1.807, 2.05) is 20.8 Å². The van der Waals surface area contributed by atoms with Crippen LogP contribution in [-0.4, -0.2) is 15.3 Å². The first-order chi connectivity index (χ1) is 20.5. The maximum absolute atomic E-state index is 11.1. The van der Waals surface area contributed by atoms with Crippen LogP contribution < -0.4 is 0 Å². The summed E-state index contributed by atoms with van der Waals surface area (Å²) >= 11 is 0. The number of hydrogen-bond donors (Lipinski definition) is 3. The molecule has 4 aromatic carbocycles. The topological polar surface area (TPSA) is 60.7 Å². The molecule has 0 aliphatic carbocycles. The van der Waals surface area contributed by atoms with Crippen LogP contribution in [0.15, 0.2) is 36.4 Å². The van der Waals surface area contributed by atoms with E-state index in [0.717, 1.165) is 83.5 Å². The van der Waals surface area contributed by atoms with Gasteiger partial charge in [0.1, 0.15) is 17.2 Å². The molecule has 0 aliphatic rings. The van der Waals surface area contributed by atoms with E-state index >= 15 is 0 Å². The van der Waals surface area contributed by atoms with Gasteiger partial charge in [-0.05, 0) is 161 Å². The van der Waals surface area contributed by atoms with E-state index in [9.17, 15) is 15.3 Å². The molecule has 0 saturated carbocycles. The summed E-state index contributed by atoms with van der Waals surface area (Å²) in [6.07, 6.45) is 0. The predicted molar refractivity (Wildman–Crippen MR) is 192 cm³/mol. The Hall–Kier alpha value is -3.72. The summed E-state index contributed by atoms with van der Waals surface area (Å²) in [5.41, 5.74) is 14.7. The highest BCUT2D eigenvalue weighted by Gasteiger charge is 2.28. The van der Waals surface area contributed by atoms with E-state index in [4.69, 9.17) is 0 Å². The number of benzene rings is 4. The summed E-state index contributed by atoms with van der Waals surface area (Å²) in [5.74, 6) is 1.05. The maximum Gasteiger partial charge on any atom is 0.122 e. The molecule has 0 amide bonds. The molecule has 4 rings (SSSR count). The zero-order chi connectivity index (χ0) is 34.1. The Kier molecular flexibility index (Phi) is 8.55. The lowest BCUT2D eigenvalue weighted by Gasteiger charge is -2.28. The van der Waals surface area contributed by atoms with Gasteiger partial charge in [0.15, 0.2) is 0 Å². The summed E-state index contributed by atoms with van der Waals surface area (Å²) < 4.78 is 0. The smallest absolute Gasteiger partial charge is 0.122 e. The zero-order valence-electron chi connectivity index (χ0n) is 30.3. The van der Waals surface area contributed by atoms with E-state index in [-0.39, 0.29) is 16.2 Å². The lowest BCUT2D eigenvalue weighted by molar-refractivity contribution is 0.442. The van der Waals surface area contributed by atoms with Crippen molar-refractivity contribution < 1.29 is 15.3 Å². The highest BCUT2D eigenvalue weighted by molar-refractivity contribution is 5.92. The van der Waals surface area contributed by atoms with Gasteiger partial charge in [-0.2, -0.15) is 0 Å². The molecule has 0 unspecified atom stereocenters. The van der Waals surface area contributed by atoms with Gasteiger partial charge in [0.2, 0.25) is 0 Å². The van der Waals surface area contributed by atoms with Crippen LogP contribution in [0.2, 0.25) is 0 Å². The average molecular weight is 607 g/mol. The van der Waals surface area contributed by atoms with Gasteiger partial charge >= 0.3 is 0 Å². The fourth-order valence-corrected chi connectivity index (χ4v) is 7.00. The van der Waals surface area contributed by atoms with E-state index in [0.29, 0.717) is 17.2 Å². The Morgan fingerprint density at radius 1 is 0.356 bits per heavy atom. The Morgan fingerprint density at radius 2 is 0.556 bits per heavy atom. The third kappa shape index (κ3) is 6.11. The minimum Gasteiger partial charge on any atom is -0.507 e. The molecule has 0 aromatic heterocycles. The SMILES string of the molecule is Cc1cc(-c2c(C)c(-c3cc(C)c(O)c(C(C)(C)C)c3)c(C)c(-c3cc(C)c(O)c(C(C)(C)C)c3)c2C)cc(C(C)(C)C)c1O. The van der Waals surface area contributed by atoms with Crippen molar-refractivity contribution in [3.05, 3.63) is 86.5 Å². The summed E-state index contributed by atoms with van der Waals surface area (Å²) in [7, 11) is 0. The first-order valence-electron chi connectivity index (χ1n) is 16.1. The van der Waals surface area contributed by atoms with Crippen molar-refractivity contribution in [3.63, 3.8) is 0 Å². The highest BCUT2D eigenvalue weighted by Crippen LogP contribution is 2.48. The number of rotatable bonds is 3. The molecule has 0 spiro atoms. The summed E-state index contributed by atoms with van der Waals surface area (Å²) in [4.78, 5) is 0. The minimum absolute atomic E-state index is 0.242. The second kappa shape index (κ2) is 11.3. The van der Waals surface area contributed by atoms with Crippen molar-refractivity contribution in [1.82, 2.24) is 0 Å². The number of phenols is 3. The van der Waals surface area contributed by atoms with E-state index in [1.54, 1.807) is 0 Å². The summed E-state index contributed by atoms with van der Waals surface area (Å²) in [6, 6.07) is 12.8. The van der Waals surface area contributed by atoms with E-state index in [2.05, 4.69) is 119 Å². The number of aromatic hydroxyl groups is 3. The third-order valence-corrected chi connectivity index (χ3v) is 9.44. The van der Waals surface area contributed by atoms with E-state index < -0.39 is 0 Å². The normalized spacial score (nSPS) is 12.6. The van der Waals surface area contributed by atoms with Gasteiger partial charge in [-0.1, -0.05) is 62.3 Å². The van der Waals surface area contributed by atoms with Crippen LogP contribution in [0.5, 0.6) is 17.2 Å². The molecule has 0 atom stereocenters. The molecule has 240 valence electrons. The Bertz CT molecular complexity index is 1580. The van der Waals surface area contributed by atoms with Gasteiger partial charge in [-0.25, -0.2) is 0 Å². The van der Waals surface area contributed by atoms with Crippen LogP contribution in [0, 0.1) is 41.5 Å². The van der Waals surface area contributed by atoms with Gasteiger partial charge in [0.05, 0.1) is 0 Å². The largest absolute Gasteiger partial charge is 0.507 e. The molecular weight excluding hydrogens is 552 g/mol. The molecule has 0 fully saturated rings. The van der Waals surface area contributed by atoms with Crippen molar-refractivity contribution in [2.24, 2.45) is 0 Å². The van der Waals surface area contributed by atoms with Gasteiger partial charge in [-0.3, -0.25) is 0 Å². The second-order valence-corrected chi connectivity index (χ2v) is 16.3. The van der Waals surface area contributed by atoms with Crippen molar-refractivity contribution in [2.75, 3.05) is 0 Å². The first kappa shape index (κ1) is 34.2. The molecule has 0 saturated heterocycles. The second-order valence-electron chi connectivity index (χ2n) is 16.3. The molecule has 0 radical (unpaired) electrons. The molecule has 0 heterocycles. The lowest BCUT2D eigenvalue weighted by atomic mass is 9.76. The molecular formula is C42H54O3. The molecule has 3 nitrogen and oxygen atoms in total.